The van der Waals surface area contributed by atoms with Crippen molar-refractivity contribution in [3.8, 4) is 11.5 Å². The number of nitrogens with zero attached hydrogens (tertiary/aromatic N) is 1. The van der Waals surface area contributed by atoms with E-state index in [-0.39, 0.29) is 11.6 Å². The molecule has 1 aliphatic heterocycles. The fraction of sp³-hybridized carbons (Fsp3) is 0.100. The molecule has 1 aliphatic rings. The van der Waals surface area contributed by atoms with Gasteiger partial charge < -0.3 is 14.2 Å². The van der Waals surface area contributed by atoms with Crippen LogP contribution in [0.1, 0.15) is 11.1 Å². The van der Waals surface area contributed by atoms with Crippen LogP contribution in [0.4, 0.5) is 0 Å². The molecule has 0 aromatic heterocycles. The summed E-state index contributed by atoms with van der Waals surface area (Å²) >= 11 is 8.36. The Bertz CT molecular complexity index is 968. The van der Waals surface area contributed by atoms with Gasteiger partial charge in [0.1, 0.15) is 6.61 Å². The molecular formula is C20H15ClINO4. The van der Waals surface area contributed by atoms with Crippen LogP contribution in [0.25, 0.3) is 6.08 Å². The lowest BCUT2D eigenvalue weighted by molar-refractivity contribution is -0.129. The van der Waals surface area contributed by atoms with Gasteiger partial charge in [-0.3, -0.25) is 0 Å². The topological polar surface area (TPSA) is 57.1 Å². The molecule has 0 atom stereocenters. The largest absolute Gasteiger partial charge is 0.493 e. The van der Waals surface area contributed by atoms with Crippen molar-refractivity contribution in [2.75, 3.05) is 13.7 Å². The minimum atomic E-state index is -0.536. The van der Waals surface area contributed by atoms with Crippen molar-refractivity contribution in [2.45, 2.75) is 0 Å². The summed E-state index contributed by atoms with van der Waals surface area (Å²) in [6.45, 7) is 3.99. The van der Waals surface area contributed by atoms with Gasteiger partial charge in [-0.05, 0) is 64.6 Å². The number of aliphatic imine (C=N–C) groups is 1. The van der Waals surface area contributed by atoms with Crippen LogP contribution in [0.2, 0.25) is 5.02 Å². The Morgan fingerprint density at radius 1 is 1.26 bits per heavy atom. The zero-order valence-corrected chi connectivity index (χ0v) is 17.3. The lowest BCUT2D eigenvalue weighted by Crippen LogP contribution is -2.06. The van der Waals surface area contributed by atoms with E-state index < -0.39 is 5.97 Å². The molecule has 138 valence electrons. The van der Waals surface area contributed by atoms with Crippen molar-refractivity contribution in [2.24, 2.45) is 4.99 Å². The first-order valence-corrected chi connectivity index (χ1v) is 9.37. The maximum Gasteiger partial charge on any atom is 0.363 e. The number of rotatable bonds is 6. The van der Waals surface area contributed by atoms with E-state index in [2.05, 4.69) is 34.2 Å². The summed E-state index contributed by atoms with van der Waals surface area (Å²) in [6, 6.07) is 10.7. The molecule has 3 rings (SSSR count). The Hall–Kier alpha value is -2.32. The Labute approximate surface area is 175 Å². The standard InChI is InChI=1S/C20H15ClINO4/c1-3-8-26-17-7-4-12(10-18(17)25-2)9-16-20(24)27-19(23-16)14-11-13(22)5-6-15(14)21/h3-7,9-11H,1,8H2,2H3/b16-9-. The van der Waals surface area contributed by atoms with E-state index in [0.29, 0.717) is 28.7 Å². The van der Waals surface area contributed by atoms with Crippen molar-refractivity contribution in [3.05, 3.63) is 74.5 Å². The molecule has 0 aliphatic carbocycles. The SMILES string of the molecule is C=CCOc1ccc(/C=C2\N=C(c3cc(I)ccc3Cl)OC2=O)cc1OC. The van der Waals surface area contributed by atoms with E-state index in [1.165, 1.54) is 0 Å². The van der Waals surface area contributed by atoms with Crippen molar-refractivity contribution in [3.63, 3.8) is 0 Å². The third kappa shape index (κ3) is 4.51. The number of ether oxygens (including phenoxy) is 3. The molecule has 0 spiro atoms. The minimum Gasteiger partial charge on any atom is -0.493 e. The fourth-order valence-corrected chi connectivity index (χ4v) is 3.08. The average molecular weight is 496 g/mol. The predicted molar refractivity (Wildman–Crippen MR) is 113 cm³/mol. The van der Waals surface area contributed by atoms with Crippen molar-refractivity contribution in [1.29, 1.82) is 0 Å². The van der Waals surface area contributed by atoms with E-state index in [0.717, 1.165) is 9.13 Å². The van der Waals surface area contributed by atoms with Gasteiger partial charge in [0.25, 0.3) is 0 Å². The number of methoxy groups -OCH3 is 1. The number of halogens is 2. The summed E-state index contributed by atoms with van der Waals surface area (Å²) in [5.41, 5.74) is 1.48. The predicted octanol–water partition coefficient (Wildman–Crippen LogP) is 4.86. The lowest BCUT2D eigenvalue weighted by Gasteiger charge is -2.09. The van der Waals surface area contributed by atoms with Crippen molar-refractivity contribution in [1.82, 2.24) is 0 Å². The second-order valence-corrected chi connectivity index (χ2v) is 7.12. The number of carbonyl (C=O) groups excluding carboxylic acids is 1. The highest BCUT2D eigenvalue weighted by atomic mass is 127. The van der Waals surface area contributed by atoms with Crippen LogP contribution in [0.5, 0.6) is 11.5 Å². The third-order valence-electron chi connectivity index (χ3n) is 3.63. The Morgan fingerprint density at radius 2 is 2.07 bits per heavy atom. The van der Waals surface area contributed by atoms with E-state index in [1.54, 1.807) is 43.5 Å². The molecule has 0 amide bonds. The van der Waals surface area contributed by atoms with Crippen LogP contribution in [0.3, 0.4) is 0 Å². The quantitative estimate of drug-likeness (QED) is 0.249. The highest BCUT2D eigenvalue weighted by Gasteiger charge is 2.26. The number of esters is 1. The molecule has 0 radical (unpaired) electrons. The monoisotopic (exact) mass is 495 g/mol. The zero-order chi connectivity index (χ0) is 19.4. The molecule has 2 aromatic rings. The molecular weight excluding hydrogens is 481 g/mol. The lowest BCUT2D eigenvalue weighted by atomic mass is 10.1. The van der Waals surface area contributed by atoms with Gasteiger partial charge in [-0.15, -0.1) is 0 Å². The van der Waals surface area contributed by atoms with E-state index in [9.17, 15) is 4.79 Å². The maximum absolute atomic E-state index is 12.2. The van der Waals surface area contributed by atoms with Crippen LogP contribution in [-0.4, -0.2) is 25.6 Å². The van der Waals surface area contributed by atoms with Crippen molar-refractivity contribution >= 4 is 52.1 Å². The van der Waals surface area contributed by atoms with Crippen LogP contribution in [0, 0.1) is 3.57 Å². The second kappa shape index (κ2) is 8.58. The fourth-order valence-electron chi connectivity index (χ4n) is 2.39. The van der Waals surface area contributed by atoms with Crippen LogP contribution < -0.4 is 9.47 Å². The molecule has 2 aromatic carbocycles. The second-order valence-electron chi connectivity index (χ2n) is 5.47. The molecule has 0 bridgehead atoms. The summed E-state index contributed by atoms with van der Waals surface area (Å²) in [6.07, 6.45) is 3.27. The summed E-state index contributed by atoms with van der Waals surface area (Å²) in [5.74, 6) is 0.782. The average Bonchev–Trinajstić information content (AvgIpc) is 3.02. The van der Waals surface area contributed by atoms with Gasteiger partial charge in [-0.2, -0.15) is 0 Å². The maximum atomic E-state index is 12.2. The van der Waals surface area contributed by atoms with E-state index in [4.69, 9.17) is 25.8 Å². The summed E-state index contributed by atoms with van der Waals surface area (Å²) in [7, 11) is 1.55. The smallest absolute Gasteiger partial charge is 0.363 e. The van der Waals surface area contributed by atoms with Gasteiger partial charge in [-0.25, -0.2) is 9.79 Å². The minimum absolute atomic E-state index is 0.182. The van der Waals surface area contributed by atoms with Crippen LogP contribution in [0.15, 0.2) is 59.7 Å². The number of hydrogen-bond acceptors (Lipinski definition) is 5. The Kier molecular flexibility index (Phi) is 6.18. The molecule has 0 saturated carbocycles. The number of carbonyl (C=O) groups is 1. The van der Waals surface area contributed by atoms with Crippen molar-refractivity contribution < 1.29 is 19.0 Å². The van der Waals surface area contributed by atoms with Gasteiger partial charge in [0.05, 0.1) is 17.7 Å². The van der Waals surface area contributed by atoms with Gasteiger partial charge >= 0.3 is 5.97 Å². The highest BCUT2D eigenvalue weighted by molar-refractivity contribution is 14.1. The molecule has 0 N–H and O–H groups in total. The first-order valence-electron chi connectivity index (χ1n) is 7.91. The summed E-state index contributed by atoms with van der Waals surface area (Å²) in [4.78, 5) is 16.5. The molecule has 0 unspecified atom stereocenters. The number of benzene rings is 2. The normalized spacial score (nSPS) is 14.7. The first-order chi connectivity index (χ1) is 13.0. The van der Waals surface area contributed by atoms with Gasteiger partial charge in [0.2, 0.25) is 5.90 Å². The molecule has 0 fully saturated rings. The highest BCUT2D eigenvalue weighted by Crippen LogP contribution is 2.30. The molecule has 7 heteroatoms. The van der Waals surface area contributed by atoms with E-state index in [1.807, 2.05) is 12.1 Å². The third-order valence-corrected chi connectivity index (χ3v) is 4.63. The molecule has 5 nitrogen and oxygen atoms in total. The van der Waals surface area contributed by atoms with Gasteiger partial charge in [0.15, 0.2) is 17.2 Å². The Balaban J connectivity index is 1.92. The van der Waals surface area contributed by atoms with Gasteiger partial charge in [0, 0.05) is 3.57 Å². The number of cyclic esters (lactones) is 1. The van der Waals surface area contributed by atoms with Crippen LogP contribution >= 0.6 is 34.2 Å². The first kappa shape index (κ1) is 19.4. The molecule has 0 saturated heterocycles. The van der Waals surface area contributed by atoms with Gasteiger partial charge in [-0.1, -0.05) is 30.3 Å². The van der Waals surface area contributed by atoms with E-state index >= 15 is 0 Å². The molecule has 27 heavy (non-hydrogen) atoms. The van der Waals surface area contributed by atoms with Crippen LogP contribution in [-0.2, 0) is 9.53 Å². The molecule has 1 heterocycles. The zero-order valence-electron chi connectivity index (χ0n) is 14.4. The Morgan fingerprint density at radius 3 is 2.81 bits per heavy atom. The summed E-state index contributed by atoms with van der Waals surface area (Å²) in [5, 5.41) is 0.466. The summed E-state index contributed by atoms with van der Waals surface area (Å²) < 4.78 is 17.1. The number of hydrogen-bond donors (Lipinski definition) is 0.